The van der Waals surface area contributed by atoms with Crippen molar-refractivity contribution in [1.82, 2.24) is 20.1 Å². The van der Waals surface area contributed by atoms with Crippen LogP contribution in [-0.4, -0.2) is 20.1 Å². The van der Waals surface area contributed by atoms with Crippen LogP contribution in [0.25, 0.3) is 0 Å². The molecule has 0 saturated heterocycles. The average molecular weight is 227 g/mol. The number of hydrogen-bond donors (Lipinski definition) is 2. The van der Waals surface area contributed by atoms with Gasteiger partial charge in [-0.3, -0.25) is 0 Å². The normalized spacial score (nSPS) is 10.2. The highest BCUT2D eigenvalue weighted by molar-refractivity contribution is 6.28. The molecule has 3 N–H and O–H groups in total. The van der Waals surface area contributed by atoms with Crippen LogP contribution in [0, 0.1) is 0 Å². The second-order valence-electron chi connectivity index (χ2n) is 2.62. The highest BCUT2D eigenvalue weighted by Crippen LogP contribution is 2.08. The maximum atomic E-state index is 5.59. The summed E-state index contributed by atoms with van der Waals surface area (Å²) in [6, 6.07) is 1.72. The second-order valence-corrected chi connectivity index (χ2v) is 2.96. The van der Waals surface area contributed by atoms with Crippen molar-refractivity contribution in [3.05, 3.63) is 23.3 Å². The summed E-state index contributed by atoms with van der Waals surface area (Å²) in [6.07, 6.45) is 1.55. The number of nitrogens with two attached hydrogens (primary N) is 1. The Balaban J connectivity index is 2.05. The van der Waals surface area contributed by atoms with Crippen molar-refractivity contribution >= 4 is 23.5 Å². The molecule has 0 bridgehead atoms. The number of aromatic nitrogens is 4. The van der Waals surface area contributed by atoms with E-state index in [2.05, 4.69) is 25.4 Å². The van der Waals surface area contributed by atoms with Crippen LogP contribution in [-0.2, 0) is 6.54 Å². The zero-order valence-corrected chi connectivity index (χ0v) is 8.27. The molecule has 7 nitrogen and oxygen atoms in total. The number of nitrogens with one attached hydrogen (secondary N) is 1. The van der Waals surface area contributed by atoms with E-state index in [1.807, 2.05) is 0 Å². The van der Waals surface area contributed by atoms with Crippen LogP contribution in [0.2, 0.25) is 5.28 Å². The van der Waals surface area contributed by atoms with Crippen molar-refractivity contribution in [2.24, 2.45) is 0 Å². The van der Waals surface area contributed by atoms with E-state index in [-0.39, 0.29) is 11.2 Å². The molecule has 2 rings (SSSR count). The fourth-order valence-electron chi connectivity index (χ4n) is 0.944. The summed E-state index contributed by atoms with van der Waals surface area (Å²) in [5, 5.41) is 6.46. The number of nitrogen functional groups attached to an aromatic ring is 1. The Kier molecular flexibility index (Phi) is 2.64. The molecule has 2 aromatic heterocycles. The molecule has 0 amide bonds. The van der Waals surface area contributed by atoms with Crippen LogP contribution >= 0.6 is 11.6 Å². The fraction of sp³-hybridized carbons (Fsp3) is 0.143. The number of anilines is 2. The van der Waals surface area contributed by atoms with Gasteiger partial charge in [-0.15, -0.1) is 0 Å². The van der Waals surface area contributed by atoms with E-state index in [0.29, 0.717) is 18.3 Å². The summed E-state index contributed by atoms with van der Waals surface area (Å²) in [7, 11) is 0. The number of halogens is 1. The Morgan fingerprint density at radius 2 is 2.27 bits per heavy atom. The predicted octanol–water partition coefficient (Wildman–Crippen LogP) is 0.707. The zero-order valence-electron chi connectivity index (χ0n) is 7.51. The molecule has 0 atom stereocenters. The van der Waals surface area contributed by atoms with Crippen molar-refractivity contribution < 1.29 is 4.52 Å². The lowest BCUT2D eigenvalue weighted by atomic mass is 10.4. The molecule has 0 unspecified atom stereocenters. The third-order valence-electron chi connectivity index (χ3n) is 1.54. The summed E-state index contributed by atoms with van der Waals surface area (Å²) in [6.45, 7) is 0.403. The van der Waals surface area contributed by atoms with E-state index in [1.54, 1.807) is 12.3 Å². The summed E-state index contributed by atoms with van der Waals surface area (Å²) in [5.74, 6) is 1.02. The molecule has 15 heavy (non-hydrogen) atoms. The van der Waals surface area contributed by atoms with Crippen LogP contribution < -0.4 is 11.1 Å². The first kappa shape index (κ1) is 9.66. The summed E-state index contributed by atoms with van der Waals surface area (Å²) in [5.41, 5.74) is 5.39. The SMILES string of the molecule is Nc1nc(Cl)nc(NCc2ccno2)n1. The van der Waals surface area contributed by atoms with E-state index in [4.69, 9.17) is 21.9 Å². The lowest BCUT2D eigenvalue weighted by Gasteiger charge is -2.02. The van der Waals surface area contributed by atoms with Gasteiger partial charge in [0.2, 0.25) is 17.2 Å². The Bertz CT molecular complexity index is 424. The lowest BCUT2D eigenvalue weighted by Crippen LogP contribution is -2.06. The summed E-state index contributed by atoms with van der Waals surface area (Å²) in [4.78, 5) is 11.3. The van der Waals surface area contributed by atoms with E-state index >= 15 is 0 Å². The van der Waals surface area contributed by atoms with Crippen LogP contribution in [0.4, 0.5) is 11.9 Å². The monoisotopic (exact) mass is 226 g/mol. The molecule has 8 heteroatoms. The second kappa shape index (κ2) is 4.09. The van der Waals surface area contributed by atoms with Gasteiger partial charge in [0.05, 0.1) is 12.7 Å². The van der Waals surface area contributed by atoms with Gasteiger partial charge in [0.25, 0.3) is 0 Å². The largest absolute Gasteiger partial charge is 0.368 e. The topological polar surface area (TPSA) is 103 Å². The van der Waals surface area contributed by atoms with Gasteiger partial charge in [-0.2, -0.15) is 15.0 Å². The Labute approximate surface area is 89.7 Å². The van der Waals surface area contributed by atoms with Gasteiger partial charge in [-0.1, -0.05) is 5.16 Å². The molecule has 78 valence electrons. The minimum atomic E-state index is 0.0440. The molecule has 0 aliphatic heterocycles. The Morgan fingerprint density at radius 1 is 1.40 bits per heavy atom. The molecule has 2 heterocycles. The zero-order chi connectivity index (χ0) is 10.7. The summed E-state index contributed by atoms with van der Waals surface area (Å²) < 4.78 is 4.87. The number of hydrogen-bond acceptors (Lipinski definition) is 7. The van der Waals surface area contributed by atoms with E-state index < -0.39 is 0 Å². The predicted molar refractivity (Wildman–Crippen MR) is 53.1 cm³/mol. The quantitative estimate of drug-likeness (QED) is 0.794. The van der Waals surface area contributed by atoms with Gasteiger partial charge in [-0.05, 0) is 11.6 Å². The average Bonchev–Trinajstić information content (AvgIpc) is 2.65. The maximum absolute atomic E-state index is 5.59. The van der Waals surface area contributed by atoms with Crippen molar-refractivity contribution in [1.29, 1.82) is 0 Å². The van der Waals surface area contributed by atoms with Gasteiger partial charge in [0.1, 0.15) is 0 Å². The first-order valence-electron chi connectivity index (χ1n) is 4.04. The van der Waals surface area contributed by atoms with Crippen LogP contribution in [0.15, 0.2) is 16.8 Å². The van der Waals surface area contributed by atoms with Crippen molar-refractivity contribution in [3.8, 4) is 0 Å². The van der Waals surface area contributed by atoms with Crippen molar-refractivity contribution in [2.75, 3.05) is 11.1 Å². The third-order valence-corrected chi connectivity index (χ3v) is 1.71. The lowest BCUT2D eigenvalue weighted by molar-refractivity contribution is 0.388. The van der Waals surface area contributed by atoms with Gasteiger partial charge in [0.15, 0.2) is 5.76 Å². The van der Waals surface area contributed by atoms with Crippen LogP contribution in [0.3, 0.4) is 0 Å². The molecule has 0 aromatic carbocycles. The standard InChI is InChI=1S/C7H7ClN6O/c8-5-12-6(9)14-7(13-5)10-3-4-1-2-11-15-4/h1-2H,3H2,(H3,9,10,12,13,14). The Hall–Kier alpha value is -1.89. The van der Waals surface area contributed by atoms with Gasteiger partial charge in [-0.25, -0.2) is 0 Å². The molecule has 0 spiro atoms. The number of rotatable bonds is 3. The van der Waals surface area contributed by atoms with E-state index in [0.717, 1.165) is 0 Å². The minimum Gasteiger partial charge on any atom is -0.368 e. The third kappa shape index (κ3) is 2.53. The summed E-state index contributed by atoms with van der Waals surface area (Å²) >= 11 is 5.59. The highest BCUT2D eigenvalue weighted by Gasteiger charge is 2.03. The van der Waals surface area contributed by atoms with E-state index in [1.165, 1.54) is 0 Å². The first-order valence-corrected chi connectivity index (χ1v) is 4.42. The van der Waals surface area contributed by atoms with Gasteiger partial charge >= 0.3 is 0 Å². The molecule has 0 saturated carbocycles. The molecule has 0 fully saturated rings. The molecule has 0 radical (unpaired) electrons. The highest BCUT2D eigenvalue weighted by atomic mass is 35.5. The fourth-order valence-corrected chi connectivity index (χ4v) is 1.11. The van der Waals surface area contributed by atoms with Crippen LogP contribution in [0.1, 0.15) is 5.76 Å². The molecular formula is C7H7ClN6O. The minimum absolute atomic E-state index is 0.0440. The first-order chi connectivity index (χ1) is 7.24. The van der Waals surface area contributed by atoms with Gasteiger partial charge < -0.3 is 15.6 Å². The van der Waals surface area contributed by atoms with Crippen LogP contribution in [0.5, 0.6) is 0 Å². The van der Waals surface area contributed by atoms with E-state index in [9.17, 15) is 0 Å². The number of nitrogens with zero attached hydrogens (tertiary/aromatic N) is 4. The van der Waals surface area contributed by atoms with Crippen molar-refractivity contribution in [3.63, 3.8) is 0 Å². The molecular weight excluding hydrogens is 220 g/mol. The maximum Gasteiger partial charge on any atom is 0.229 e. The Morgan fingerprint density at radius 3 is 2.93 bits per heavy atom. The van der Waals surface area contributed by atoms with Crippen molar-refractivity contribution in [2.45, 2.75) is 6.54 Å². The molecule has 0 aliphatic rings. The molecule has 0 aliphatic carbocycles. The smallest absolute Gasteiger partial charge is 0.229 e. The van der Waals surface area contributed by atoms with Gasteiger partial charge in [0, 0.05) is 6.07 Å². The molecule has 2 aromatic rings.